The maximum Gasteiger partial charge on any atom is 0.471 e. The molecule has 0 bridgehead atoms. The fraction of sp³-hybridized carbons (Fsp3) is 0.875. The van der Waals surface area contributed by atoms with Crippen molar-refractivity contribution in [1.82, 2.24) is 10.6 Å². The fourth-order valence-electron chi connectivity index (χ4n) is 1.56. The van der Waals surface area contributed by atoms with E-state index in [0.717, 1.165) is 0 Å². The predicted molar refractivity (Wildman–Crippen MR) is 52.0 cm³/mol. The fourth-order valence-corrected chi connectivity index (χ4v) is 1.56. The molecule has 0 aromatic heterocycles. The average molecular weight is 273 g/mol. The van der Waals surface area contributed by atoms with Crippen molar-refractivity contribution in [2.75, 3.05) is 13.1 Å². The first-order valence-electron chi connectivity index (χ1n) is 5.01. The summed E-state index contributed by atoms with van der Waals surface area (Å²) in [6, 6.07) is 0. The lowest BCUT2D eigenvalue weighted by molar-refractivity contribution is -0.182. The van der Waals surface area contributed by atoms with Crippen molar-refractivity contribution in [3.8, 4) is 0 Å². The molecule has 0 saturated carbocycles. The zero-order chi connectivity index (χ0) is 14.1. The summed E-state index contributed by atoms with van der Waals surface area (Å²) in [5.74, 6) is -2.26. The van der Waals surface area contributed by atoms with Crippen LogP contribution in [0.1, 0.15) is 0 Å². The molecule has 1 aliphatic rings. The Morgan fingerprint density at radius 2 is 2.06 bits per heavy atom. The highest BCUT2D eigenvalue weighted by Gasteiger charge is 2.49. The minimum atomic E-state index is -5.10. The molecular formula is C8H14F3N3O4. The monoisotopic (exact) mass is 273 g/mol. The van der Waals surface area contributed by atoms with Gasteiger partial charge in [0.1, 0.15) is 24.0 Å². The molecule has 0 aromatic rings. The van der Waals surface area contributed by atoms with Gasteiger partial charge in [0.15, 0.2) is 0 Å². The number of β-amino-alcohol motifs (C(OH)–C–C–N with tert-alkyl or cyclic N) is 1. The Bertz CT molecular complexity index is 327. The number of alkyl halides is 3. The number of nitrogens with two attached hydrogens (primary N) is 1. The van der Waals surface area contributed by atoms with Gasteiger partial charge in [0.25, 0.3) is 0 Å². The summed E-state index contributed by atoms with van der Waals surface area (Å²) in [5, 5.41) is 32.5. The molecule has 0 spiro atoms. The molecule has 7 nitrogen and oxygen atoms in total. The molecule has 1 amide bonds. The van der Waals surface area contributed by atoms with E-state index in [1.54, 1.807) is 0 Å². The largest absolute Gasteiger partial charge is 0.471 e. The Hall–Kier alpha value is -0.940. The van der Waals surface area contributed by atoms with E-state index in [2.05, 4.69) is 5.32 Å². The highest BCUT2D eigenvalue weighted by Crippen LogP contribution is 2.20. The van der Waals surface area contributed by atoms with Gasteiger partial charge >= 0.3 is 12.1 Å². The maximum atomic E-state index is 12.0. The number of rotatable bonds is 2. The lowest BCUT2D eigenvalue weighted by Gasteiger charge is -2.43. The molecule has 10 heteroatoms. The molecule has 0 unspecified atom stereocenters. The second-order valence-electron chi connectivity index (χ2n) is 4.07. The Labute approximate surface area is 99.8 Å². The van der Waals surface area contributed by atoms with Crippen LogP contribution in [0.2, 0.25) is 0 Å². The Balaban J connectivity index is 2.70. The minimum absolute atomic E-state index is 0.371. The molecule has 1 rings (SSSR count). The number of hydrogen-bond donors (Lipinski definition) is 6. The molecule has 1 aliphatic heterocycles. The molecule has 1 saturated heterocycles. The number of aliphatic hydroxyl groups is 3. The standard InChI is InChI=1S/C8H14F3N3O4/c9-8(10,11)6(17)14-5-3(15)4(16)7(18,1-12)2-13-5/h3-5,13,15-16,18H,1-2,12H2,(H,14,17)/t3-,4+,5+,7+/m1/s1. The number of carbonyl (C=O) groups is 1. The van der Waals surface area contributed by atoms with Crippen LogP contribution in [0.25, 0.3) is 0 Å². The first-order valence-corrected chi connectivity index (χ1v) is 5.01. The van der Waals surface area contributed by atoms with Crippen molar-refractivity contribution in [3.63, 3.8) is 0 Å². The first-order chi connectivity index (χ1) is 8.12. The highest BCUT2D eigenvalue weighted by atomic mass is 19.4. The van der Waals surface area contributed by atoms with E-state index in [9.17, 15) is 33.3 Å². The number of halogens is 3. The molecule has 106 valence electrons. The molecule has 1 fully saturated rings. The van der Waals surface area contributed by atoms with Gasteiger partial charge in [0.05, 0.1) is 0 Å². The zero-order valence-corrected chi connectivity index (χ0v) is 9.11. The third kappa shape index (κ3) is 2.90. The van der Waals surface area contributed by atoms with Crippen LogP contribution < -0.4 is 16.4 Å². The van der Waals surface area contributed by atoms with Crippen LogP contribution in [-0.4, -0.2) is 64.5 Å². The number of aliphatic hydroxyl groups excluding tert-OH is 2. The molecule has 7 N–H and O–H groups in total. The van der Waals surface area contributed by atoms with Crippen LogP contribution in [0, 0.1) is 0 Å². The molecule has 0 radical (unpaired) electrons. The van der Waals surface area contributed by atoms with Gasteiger partial charge in [-0.05, 0) is 0 Å². The summed E-state index contributed by atoms with van der Waals surface area (Å²) >= 11 is 0. The summed E-state index contributed by atoms with van der Waals surface area (Å²) in [5.41, 5.74) is 3.32. The first kappa shape index (κ1) is 15.1. The van der Waals surface area contributed by atoms with Crippen LogP contribution in [0.5, 0.6) is 0 Å². The van der Waals surface area contributed by atoms with Gasteiger partial charge in [-0.1, -0.05) is 0 Å². The number of piperidine rings is 1. The van der Waals surface area contributed by atoms with Crippen LogP contribution in [0.4, 0.5) is 13.2 Å². The highest BCUT2D eigenvalue weighted by molar-refractivity contribution is 5.82. The van der Waals surface area contributed by atoms with Crippen molar-refractivity contribution in [3.05, 3.63) is 0 Å². The summed E-state index contributed by atoms with van der Waals surface area (Å²) in [6.07, 6.45) is -10.2. The molecule has 0 aromatic carbocycles. The van der Waals surface area contributed by atoms with E-state index >= 15 is 0 Å². The third-order valence-electron chi connectivity index (χ3n) is 2.74. The summed E-state index contributed by atoms with van der Waals surface area (Å²) in [7, 11) is 0. The van der Waals surface area contributed by atoms with Crippen molar-refractivity contribution in [2.45, 2.75) is 30.2 Å². The Morgan fingerprint density at radius 3 is 2.50 bits per heavy atom. The van der Waals surface area contributed by atoms with Gasteiger partial charge in [0.2, 0.25) is 0 Å². The van der Waals surface area contributed by atoms with Crippen molar-refractivity contribution < 1.29 is 33.3 Å². The third-order valence-corrected chi connectivity index (χ3v) is 2.74. The smallest absolute Gasteiger partial charge is 0.387 e. The van der Waals surface area contributed by atoms with Gasteiger partial charge in [-0.15, -0.1) is 0 Å². The predicted octanol–water partition coefficient (Wildman–Crippen LogP) is -2.99. The van der Waals surface area contributed by atoms with Crippen molar-refractivity contribution in [2.24, 2.45) is 5.73 Å². The number of carbonyl (C=O) groups excluding carboxylic acids is 1. The average Bonchev–Trinajstić information content (AvgIpc) is 2.29. The molecule has 0 aliphatic carbocycles. The normalized spacial score (nSPS) is 37.4. The number of nitrogens with one attached hydrogen (secondary N) is 2. The topological polar surface area (TPSA) is 128 Å². The maximum absolute atomic E-state index is 12.0. The SMILES string of the molecule is NC[C@]1(O)CN[C@@H](NC(=O)C(F)(F)F)[C@H](O)[C@@H]1O. The van der Waals surface area contributed by atoms with Crippen molar-refractivity contribution >= 4 is 5.91 Å². The lowest BCUT2D eigenvalue weighted by atomic mass is 9.87. The van der Waals surface area contributed by atoms with Crippen LogP contribution >= 0.6 is 0 Å². The van der Waals surface area contributed by atoms with Gasteiger partial charge < -0.3 is 26.4 Å². The Morgan fingerprint density at radius 1 is 1.50 bits per heavy atom. The molecule has 18 heavy (non-hydrogen) atoms. The van der Waals surface area contributed by atoms with Crippen LogP contribution in [-0.2, 0) is 4.79 Å². The van der Waals surface area contributed by atoms with E-state index in [-0.39, 0.29) is 6.54 Å². The minimum Gasteiger partial charge on any atom is -0.387 e. The number of hydrogen-bond acceptors (Lipinski definition) is 6. The summed E-state index contributed by atoms with van der Waals surface area (Å²) in [4.78, 5) is 10.7. The summed E-state index contributed by atoms with van der Waals surface area (Å²) in [6.45, 7) is -0.775. The van der Waals surface area contributed by atoms with Gasteiger partial charge in [-0.2, -0.15) is 13.2 Å². The Kier molecular flexibility index (Phi) is 4.18. The van der Waals surface area contributed by atoms with Crippen molar-refractivity contribution in [1.29, 1.82) is 0 Å². The molecule has 1 heterocycles. The van der Waals surface area contributed by atoms with E-state index < -0.39 is 42.6 Å². The zero-order valence-electron chi connectivity index (χ0n) is 9.11. The van der Waals surface area contributed by atoms with E-state index in [0.29, 0.717) is 0 Å². The summed E-state index contributed by atoms with van der Waals surface area (Å²) < 4.78 is 36.0. The van der Waals surface area contributed by atoms with E-state index in [1.165, 1.54) is 5.32 Å². The van der Waals surface area contributed by atoms with Gasteiger partial charge in [0, 0.05) is 13.1 Å². The van der Waals surface area contributed by atoms with Crippen LogP contribution in [0.15, 0.2) is 0 Å². The number of amides is 1. The second-order valence-corrected chi connectivity index (χ2v) is 4.07. The van der Waals surface area contributed by atoms with E-state index in [1.807, 2.05) is 0 Å². The van der Waals surface area contributed by atoms with E-state index in [4.69, 9.17) is 5.73 Å². The van der Waals surface area contributed by atoms with Gasteiger partial charge in [-0.3, -0.25) is 10.1 Å². The van der Waals surface area contributed by atoms with Gasteiger partial charge in [-0.25, -0.2) is 0 Å². The second kappa shape index (κ2) is 4.97. The van der Waals surface area contributed by atoms with Crippen LogP contribution in [0.3, 0.4) is 0 Å². The molecular weight excluding hydrogens is 259 g/mol. The molecule has 4 atom stereocenters. The lowest BCUT2D eigenvalue weighted by Crippen LogP contribution is -2.73. The quantitative estimate of drug-likeness (QED) is 0.318.